The number of aromatic nitrogens is 5. The van der Waals surface area contributed by atoms with Crippen molar-refractivity contribution in [2.75, 3.05) is 11.4 Å². The quantitative estimate of drug-likeness (QED) is 0.852. The predicted octanol–water partition coefficient (Wildman–Crippen LogP) is 0.353. The summed E-state index contributed by atoms with van der Waals surface area (Å²) in [5.41, 5.74) is 0.567. The Balaban J connectivity index is 1.97. The minimum absolute atomic E-state index is 0.0251. The number of fused-ring (bicyclic) bond motifs is 1. The summed E-state index contributed by atoms with van der Waals surface area (Å²) in [4.78, 5) is 17.1. The van der Waals surface area contributed by atoms with Gasteiger partial charge in [0.15, 0.2) is 11.5 Å². The van der Waals surface area contributed by atoms with Gasteiger partial charge in [-0.2, -0.15) is 4.52 Å². The third-order valence-corrected chi connectivity index (χ3v) is 3.42. The molecule has 0 spiro atoms. The zero-order chi connectivity index (χ0) is 13.2. The first kappa shape index (κ1) is 11.8. The molecule has 19 heavy (non-hydrogen) atoms. The number of carboxylic acids is 1. The first-order chi connectivity index (χ1) is 9.25. The molecular weight excluding hydrogens is 248 g/mol. The monoisotopic (exact) mass is 262 g/mol. The minimum atomic E-state index is -0.784. The van der Waals surface area contributed by atoms with Gasteiger partial charge in [-0.3, -0.25) is 9.78 Å². The summed E-state index contributed by atoms with van der Waals surface area (Å²) in [6.07, 6.45) is 6.34. The Morgan fingerprint density at radius 3 is 3.16 bits per heavy atom. The third kappa shape index (κ3) is 2.20. The molecule has 1 atom stereocenters. The van der Waals surface area contributed by atoms with Crippen molar-refractivity contribution >= 4 is 17.4 Å². The fraction of sp³-hybridized carbons (Fsp3) is 0.545. The highest BCUT2D eigenvalue weighted by Crippen LogP contribution is 2.25. The van der Waals surface area contributed by atoms with E-state index in [1.165, 1.54) is 0 Å². The maximum Gasteiger partial charge on any atom is 0.305 e. The zero-order valence-corrected chi connectivity index (χ0v) is 10.3. The summed E-state index contributed by atoms with van der Waals surface area (Å²) in [5, 5.41) is 20.4. The molecule has 0 radical (unpaired) electrons. The fourth-order valence-electron chi connectivity index (χ4n) is 2.57. The van der Waals surface area contributed by atoms with Gasteiger partial charge in [0.05, 0.1) is 18.8 Å². The Kier molecular flexibility index (Phi) is 2.98. The molecule has 0 amide bonds. The normalized spacial score (nSPS) is 19.8. The van der Waals surface area contributed by atoms with Crippen LogP contribution in [-0.4, -0.2) is 48.7 Å². The van der Waals surface area contributed by atoms with Gasteiger partial charge in [0.2, 0.25) is 0 Å². The average molecular weight is 262 g/mol. The van der Waals surface area contributed by atoms with Gasteiger partial charge in [-0.15, -0.1) is 5.10 Å². The van der Waals surface area contributed by atoms with Crippen LogP contribution in [0.25, 0.3) is 5.65 Å². The van der Waals surface area contributed by atoms with Crippen molar-refractivity contribution in [2.45, 2.75) is 31.7 Å². The maximum atomic E-state index is 11.0. The van der Waals surface area contributed by atoms with Crippen LogP contribution in [0.5, 0.6) is 0 Å². The Morgan fingerprint density at radius 2 is 2.32 bits per heavy atom. The summed E-state index contributed by atoms with van der Waals surface area (Å²) in [6, 6.07) is -0.0251. The van der Waals surface area contributed by atoms with E-state index in [4.69, 9.17) is 5.11 Å². The molecule has 8 nitrogen and oxygen atoms in total. The highest BCUT2D eigenvalue weighted by atomic mass is 16.4. The lowest BCUT2D eigenvalue weighted by atomic mass is 9.99. The van der Waals surface area contributed by atoms with Crippen LogP contribution in [0.15, 0.2) is 12.4 Å². The van der Waals surface area contributed by atoms with Crippen LogP contribution in [0.1, 0.15) is 25.7 Å². The van der Waals surface area contributed by atoms with E-state index in [1.54, 1.807) is 16.9 Å². The van der Waals surface area contributed by atoms with Gasteiger partial charge in [0, 0.05) is 12.6 Å². The molecule has 100 valence electrons. The maximum absolute atomic E-state index is 11.0. The Hall–Kier alpha value is -2.25. The van der Waals surface area contributed by atoms with E-state index in [0.29, 0.717) is 5.65 Å². The number of hydrogen-bond donors (Lipinski definition) is 1. The lowest BCUT2D eigenvalue weighted by molar-refractivity contribution is -0.137. The molecule has 0 aliphatic carbocycles. The summed E-state index contributed by atoms with van der Waals surface area (Å²) in [6.45, 7) is 0.804. The largest absolute Gasteiger partial charge is 0.481 e. The average Bonchev–Trinajstić information content (AvgIpc) is 2.87. The second kappa shape index (κ2) is 4.79. The molecular formula is C11H14N6O2. The van der Waals surface area contributed by atoms with Crippen molar-refractivity contribution in [3.63, 3.8) is 0 Å². The van der Waals surface area contributed by atoms with Crippen molar-refractivity contribution in [3.05, 3.63) is 12.4 Å². The van der Waals surface area contributed by atoms with Crippen molar-refractivity contribution in [3.8, 4) is 0 Å². The summed E-state index contributed by atoms with van der Waals surface area (Å²) in [7, 11) is 0. The molecule has 2 aromatic heterocycles. The van der Waals surface area contributed by atoms with Gasteiger partial charge in [-0.1, -0.05) is 0 Å². The lowest BCUT2D eigenvalue weighted by Crippen LogP contribution is -2.42. The fourth-order valence-corrected chi connectivity index (χ4v) is 2.57. The number of nitrogens with zero attached hydrogens (tertiary/aromatic N) is 6. The van der Waals surface area contributed by atoms with Gasteiger partial charge < -0.3 is 10.0 Å². The van der Waals surface area contributed by atoms with E-state index in [2.05, 4.69) is 20.5 Å². The number of carboxylic acid groups (broad SMARTS) is 1. The molecule has 1 unspecified atom stereocenters. The Morgan fingerprint density at radius 1 is 1.42 bits per heavy atom. The highest BCUT2D eigenvalue weighted by Gasteiger charge is 2.27. The SMILES string of the molecule is O=C(O)CC1CCCCN1c1cncc2nnnn12. The summed E-state index contributed by atoms with van der Waals surface area (Å²) in [5.74, 6) is -0.0257. The third-order valence-electron chi connectivity index (χ3n) is 3.42. The second-order valence-corrected chi connectivity index (χ2v) is 4.66. The van der Waals surface area contributed by atoms with Gasteiger partial charge in [-0.25, -0.2) is 0 Å². The van der Waals surface area contributed by atoms with Gasteiger partial charge in [-0.05, 0) is 29.7 Å². The first-order valence-corrected chi connectivity index (χ1v) is 6.26. The molecule has 1 aliphatic heterocycles. The van der Waals surface area contributed by atoms with Crippen LogP contribution in [-0.2, 0) is 4.79 Å². The van der Waals surface area contributed by atoms with Crippen molar-refractivity contribution in [1.82, 2.24) is 25.0 Å². The van der Waals surface area contributed by atoms with Gasteiger partial charge in [0.1, 0.15) is 0 Å². The number of carbonyl (C=O) groups is 1. The van der Waals surface area contributed by atoms with Crippen LogP contribution in [0.2, 0.25) is 0 Å². The molecule has 1 N–H and O–H groups in total. The number of anilines is 1. The standard InChI is InChI=1S/C11H14N6O2/c18-11(19)5-8-3-1-2-4-16(8)10-7-12-6-9-13-14-15-17(9)10/h6-8H,1-5H2,(H,18,19). The van der Waals surface area contributed by atoms with E-state index in [0.717, 1.165) is 31.6 Å². The molecule has 2 aromatic rings. The molecule has 0 aromatic carbocycles. The molecule has 1 saturated heterocycles. The van der Waals surface area contributed by atoms with Crippen LogP contribution < -0.4 is 4.90 Å². The van der Waals surface area contributed by atoms with Crippen LogP contribution in [0.3, 0.4) is 0 Å². The molecule has 3 heterocycles. The molecule has 1 fully saturated rings. The van der Waals surface area contributed by atoms with Crippen LogP contribution in [0.4, 0.5) is 5.82 Å². The minimum Gasteiger partial charge on any atom is -0.481 e. The van der Waals surface area contributed by atoms with Crippen LogP contribution >= 0.6 is 0 Å². The van der Waals surface area contributed by atoms with Crippen molar-refractivity contribution < 1.29 is 9.90 Å². The van der Waals surface area contributed by atoms with E-state index < -0.39 is 5.97 Å². The summed E-state index contributed by atoms with van der Waals surface area (Å²) >= 11 is 0. The molecule has 3 rings (SSSR count). The number of hydrogen-bond acceptors (Lipinski definition) is 6. The smallest absolute Gasteiger partial charge is 0.305 e. The second-order valence-electron chi connectivity index (χ2n) is 4.66. The number of piperidine rings is 1. The predicted molar refractivity (Wildman–Crippen MR) is 65.8 cm³/mol. The number of aliphatic carboxylic acids is 1. The lowest BCUT2D eigenvalue weighted by Gasteiger charge is -2.36. The van der Waals surface area contributed by atoms with Gasteiger partial charge >= 0.3 is 5.97 Å². The van der Waals surface area contributed by atoms with Crippen LogP contribution in [0, 0.1) is 0 Å². The van der Waals surface area contributed by atoms with Crippen molar-refractivity contribution in [2.24, 2.45) is 0 Å². The molecule has 8 heteroatoms. The molecule has 0 bridgehead atoms. The topological polar surface area (TPSA) is 96.5 Å². The number of tetrazole rings is 1. The van der Waals surface area contributed by atoms with E-state index >= 15 is 0 Å². The highest BCUT2D eigenvalue weighted by molar-refractivity contribution is 5.68. The zero-order valence-electron chi connectivity index (χ0n) is 10.3. The van der Waals surface area contributed by atoms with Crippen molar-refractivity contribution in [1.29, 1.82) is 0 Å². The van der Waals surface area contributed by atoms with Gasteiger partial charge in [0.25, 0.3) is 0 Å². The summed E-state index contributed by atoms with van der Waals surface area (Å²) < 4.78 is 1.60. The number of rotatable bonds is 3. The molecule has 1 aliphatic rings. The Bertz CT molecular complexity index is 598. The Labute approximate surface area is 109 Å². The van der Waals surface area contributed by atoms with E-state index in [1.807, 2.05) is 4.90 Å². The van der Waals surface area contributed by atoms with E-state index in [9.17, 15) is 4.79 Å². The first-order valence-electron chi connectivity index (χ1n) is 6.26. The van der Waals surface area contributed by atoms with E-state index in [-0.39, 0.29) is 12.5 Å². The molecule has 0 saturated carbocycles.